The van der Waals surface area contributed by atoms with Crippen LogP contribution in [0.15, 0.2) is 23.1 Å². The van der Waals surface area contributed by atoms with Crippen molar-refractivity contribution < 1.29 is 8.42 Å². The van der Waals surface area contributed by atoms with Crippen molar-refractivity contribution in [1.29, 1.82) is 5.26 Å². The quantitative estimate of drug-likeness (QED) is 0.798. The number of sulfone groups is 1. The number of nitrogens with zero attached hydrogens (tertiary/aromatic N) is 1. The van der Waals surface area contributed by atoms with Crippen LogP contribution in [-0.2, 0) is 9.84 Å². The normalized spacial score (nSPS) is 13.1. The van der Waals surface area contributed by atoms with Crippen LogP contribution in [0, 0.1) is 11.3 Å². The molecule has 1 unspecified atom stereocenters. The van der Waals surface area contributed by atoms with Gasteiger partial charge in [-0.3, -0.25) is 0 Å². The topological polar surface area (TPSA) is 57.9 Å². The van der Waals surface area contributed by atoms with E-state index in [2.05, 4.69) is 0 Å². The van der Waals surface area contributed by atoms with Gasteiger partial charge in [0.25, 0.3) is 0 Å². The summed E-state index contributed by atoms with van der Waals surface area (Å²) in [5.41, 5.74) is 0.249. The summed E-state index contributed by atoms with van der Waals surface area (Å²) in [6, 6.07) is 5.89. The number of hydrogen-bond acceptors (Lipinski definition) is 3. The third-order valence-electron chi connectivity index (χ3n) is 2.14. The maximum atomic E-state index is 11.9. The number of rotatable bonds is 3. The third kappa shape index (κ3) is 2.49. The molecule has 0 aliphatic carbocycles. The molecular formula is C10H9Cl2NO2S. The fourth-order valence-corrected chi connectivity index (χ4v) is 3.03. The fourth-order valence-electron chi connectivity index (χ4n) is 1.08. The van der Waals surface area contributed by atoms with Crippen molar-refractivity contribution in [2.45, 2.75) is 17.1 Å². The Morgan fingerprint density at radius 2 is 2.12 bits per heavy atom. The molecule has 0 aromatic heterocycles. The molecular weight excluding hydrogens is 269 g/mol. The first-order valence-electron chi connectivity index (χ1n) is 4.43. The molecule has 86 valence electrons. The smallest absolute Gasteiger partial charge is 0.182 e. The standard InChI is InChI=1S/C10H9Cl2NO2S/c1-7(5-11)16(14,15)9-3-2-8(6-13)10(12)4-9/h2-4,7H,5H2,1H3. The lowest BCUT2D eigenvalue weighted by atomic mass is 10.2. The van der Waals surface area contributed by atoms with Crippen LogP contribution in [0.5, 0.6) is 0 Å². The lowest BCUT2D eigenvalue weighted by Crippen LogP contribution is -2.19. The van der Waals surface area contributed by atoms with E-state index in [1.54, 1.807) is 0 Å². The van der Waals surface area contributed by atoms with E-state index in [4.69, 9.17) is 28.5 Å². The summed E-state index contributed by atoms with van der Waals surface area (Å²) in [5.74, 6) is 0.0138. The second kappa shape index (κ2) is 5.05. The molecule has 3 nitrogen and oxygen atoms in total. The minimum Gasteiger partial charge on any atom is -0.223 e. The van der Waals surface area contributed by atoms with E-state index in [1.807, 2.05) is 6.07 Å². The first-order chi connectivity index (χ1) is 7.43. The molecule has 0 saturated carbocycles. The van der Waals surface area contributed by atoms with Crippen LogP contribution in [-0.4, -0.2) is 19.5 Å². The van der Waals surface area contributed by atoms with Crippen molar-refractivity contribution in [2.75, 3.05) is 5.88 Å². The summed E-state index contributed by atoms with van der Waals surface area (Å²) in [5, 5.41) is 8.11. The van der Waals surface area contributed by atoms with Crippen molar-refractivity contribution in [3.63, 3.8) is 0 Å². The van der Waals surface area contributed by atoms with Gasteiger partial charge in [0.1, 0.15) is 6.07 Å². The molecule has 1 aromatic rings. The molecule has 16 heavy (non-hydrogen) atoms. The van der Waals surface area contributed by atoms with Gasteiger partial charge in [-0.2, -0.15) is 5.26 Å². The fraction of sp³-hybridized carbons (Fsp3) is 0.300. The molecule has 0 amide bonds. The van der Waals surface area contributed by atoms with E-state index >= 15 is 0 Å². The van der Waals surface area contributed by atoms with Gasteiger partial charge in [0, 0.05) is 5.88 Å². The molecule has 0 heterocycles. The molecule has 0 fully saturated rings. The Bertz CT molecular complexity index is 534. The molecule has 1 rings (SSSR count). The Labute approximate surface area is 105 Å². The van der Waals surface area contributed by atoms with E-state index in [-0.39, 0.29) is 21.4 Å². The second-order valence-corrected chi connectivity index (χ2v) is 6.35. The van der Waals surface area contributed by atoms with Crippen LogP contribution in [0.4, 0.5) is 0 Å². The van der Waals surface area contributed by atoms with Crippen molar-refractivity contribution >= 4 is 33.0 Å². The van der Waals surface area contributed by atoms with Crippen LogP contribution in [0.1, 0.15) is 12.5 Å². The van der Waals surface area contributed by atoms with Gasteiger partial charge in [-0.15, -0.1) is 11.6 Å². The van der Waals surface area contributed by atoms with Crippen LogP contribution in [0.25, 0.3) is 0 Å². The van der Waals surface area contributed by atoms with Crippen molar-refractivity contribution in [2.24, 2.45) is 0 Å². The van der Waals surface area contributed by atoms with E-state index in [9.17, 15) is 8.42 Å². The highest BCUT2D eigenvalue weighted by Crippen LogP contribution is 2.23. The average Bonchev–Trinajstić information content (AvgIpc) is 2.27. The monoisotopic (exact) mass is 277 g/mol. The highest BCUT2D eigenvalue weighted by molar-refractivity contribution is 7.92. The third-order valence-corrected chi connectivity index (χ3v) is 5.23. The Hall–Kier alpha value is -0.760. The molecule has 0 saturated heterocycles. The molecule has 0 aliphatic heterocycles. The van der Waals surface area contributed by atoms with Crippen LogP contribution in [0.2, 0.25) is 5.02 Å². The van der Waals surface area contributed by atoms with E-state index in [0.717, 1.165) is 0 Å². The number of nitriles is 1. The maximum absolute atomic E-state index is 11.9. The highest BCUT2D eigenvalue weighted by Gasteiger charge is 2.23. The van der Waals surface area contributed by atoms with Crippen molar-refractivity contribution in [3.8, 4) is 6.07 Å². The van der Waals surface area contributed by atoms with Gasteiger partial charge in [-0.1, -0.05) is 11.6 Å². The van der Waals surface area contributed by atoms with Crippen LogP contribution >= 0.6 is 23.2 Å². The number of alkyl halides is 1. The Balaban J connectivity index is 3.27. The van der Waals surface area contributed by atoms with E-state index in [0.29, 0.717) is 0 Å². The summed E-state index contributed by atoms with van der Waals surface area (Å²) < 4.78 is 23.8. The van der Waals surface area contributed by atoms with Crippen LogP contribution in [0.3, 0.4) is 0 Å². The molecule has 0 spiro atoms. The first-order valence-corrected chi connectivity index (χ1v) is 6.89. The molecule has 0 radical (unpaired) electrons. The Kier molecular flexibility index (Phi) is 4.20. The predicted octanol–water partition coefficient (Wildman–Crippen LogP) is 2.61. The summed E-state index contributed by atoms with van der Waals surface area (Å²) in [7, 11) is -3.46. The highest BCUT2D eigenvalue weighted by atomic mass is 35.5. The summed E-state index contributed by atoms with van der Waals surface area (Å²) in [6.07, 6.45) is 0. The van der Waals surface area contributed by atoms with Gasteiger partial charge in [-0.05, 0) is 25.1 Å². The summed E-state index contributed by atoms with van der Waals surface area (Å²) in [4.78, 5) is 0.0876. The largest absolute Gasteiger partial charge is 0.223 e. The molecule has 0 N–H and O–H groups in total. The summed E-state index contributed by atoms with van der Waals surface area (Å²) in [6.45, 7) is 1.52. The number of benzene rings is 1. The lowest BCUT2D eigenvalue weighted by Gasteiger charge is -2.10. The van der Waals surface area contributed by atoms with Crippen molar-refractivity contribution in [3.05, 3.63) is 28.8 Å². The van der Waals surface area contributed by atoms with Gasteiger partial charge in [-0.25, -0.2) is 8.42 Å². The Morgan fingerprint density at radius 3 is 2.56 bits per heavy atom. The maximum Gasteiger partial charge on any atom is 0.182 e. The van der Waals surface area contributed by atoms with Gasteiger partial charge in [0.05, 0.1) is 20.7 Å². The van der Waals surface area contributed by atoms with Crippen LogP contribution < -0.4 is 0 Å². The average molecular weight is 278 g/mol. The second-order valence-electron chi connectivity index (χ2n) is 3.26. The molecule has 0 bridgehead atoms. The van der Waals surface area contributed by atoms with E-state index < -0.39 is 15.1 Å². The van der Waals surface area contributed by atoms with Gasteiger partial charge in [0.15, 0.2) is 9.84 Å². The number of hydrogen-bond donors (Lipinski definition) is 0. The summed E-state index contributed by atoms with van der Waals surface area (Å²) >= 11 is 11.3. The Morgan fingerprint density at radius 1 is 1.50 bits per heavy atom. The zero-order chi connectivity index (χ0) is 12.3. The lowest BCUT2D eigenvalue weighted by molar-refractivity contribution is 0.588. The molecule has 1 aromatic carbocycles. The van der Waals surface area contributed by atoms with Gasteiger partial charge in [0.2, 0.25) is 0 Å². The van der Waals surface area contributed by atoms with Crippen molar-refractivity contribution in [1.82, 2.24) is 0 Å². The zero-order valence-corrected chi connectivity index (χ0v) is 10.8. The molecule has 0 aliphatic rings. The predicted molar refractivity (Wildman–Crippen MR) is 63.5 cm³/mol. The number of halogens is 2. The zero-order valence-electron chi connectivity index (χ0n) is 8.44. The van der Waals surface area contributed by atoms with E-state index in [1.165, 1.54) is 25.1 Å². The minimum absolute atomic E-state index is 0.0138. The van der Waals surface area contributed by atoms with Gasteiger partial charge < -0.3 is 0 Å². The molecule has 1 atom stereocenters. The minimum atomic E-state index is -3.46. The first kappa shape index (κ1) is 13.3. The molecule has 6 heteroatoms. The van der Waals surface area contributed by atoms with Gasteiger partial charge >= 0.3 is 0 Å². The SMILES string of the molecule is CC(CCl)S(=O)(=O)c1ccc(C#N)c(Cl)c1.